The fourth-order valence-corrected chi connectivity index (χ4v) is 12.0. The fourth-order valence-electron chi connectivity index (χ4n) is 10.4. The lowest BCUT2D eigenvalue weighted by Crippen LogP contribution is -2.30. The summed E-state index contributed by atoms with van der Waals surface area (Å²) in [5.74, 6) is -2.27. The first-order chi connectivity index (χ1) is 48.7. The average Bonchev–Trinajstić information content (AvgIpc) is 1.02. The molecule has 0 fully saturated rings. The van der Waals surface area contributed by atoms with E-state index < -0.39 is 97.5 Å². The summed E-state index contributed by atoms with van der Waals surface area (Å²) >= 11 is 0. The van der Waals surface area contributed by atoms with Crippen LogP contribution in [-0.4, -0.2) is 96.7 Å². The van der Waals surface area contributed by atoms with E-state index in [4.69, 9.17) is 37.0 Å². The zero-order chi connectivity index (χ0) is 73.2. The van der Waals surface area contributed by atoms with Crippen molar-refractivity contribution in [3.8, 4) is 0 Å². The Labute approximate surface area is 607 Å². The highest BCUT2D eigenvalue weighted by Gasteiger charge is 2.30. The number of phosphoric ester groups is 2. The largest absolute Gasteiger partial charge is 0.472 e. The lowest BCUT2D eigenvalue weighted by Gasteiger charge is -2.21. The first kappa shape index (κ1) is 95.7. The standard InChI is InChI=1S/C81H140O17P2/c1-5-9-13-17-21-25-29-32-34-36-37-39-41-44-47-50-54-58-62-66-78(83)91-71-76(97-80(85)67-63-59-55-51-45-28-24-20-16-12-8-4)73-95-99(87,88)93-69-75(82)70-94-100(89,90)96-74-77(98-81(86)68-64-60-56-52-48-42-31-27-23-19-15-11-7-3)72-92-79(84)65-61-57-53-49-46-43-40-38-35-33-30-26-22-18-14-10-6-2/h9-10,13-14,21-22,25-26,32-35,37,39,44,47,54,58,75-77,82H,5-8,11-12,15-20,23-24,27-31,36,38,40-43,45-46,48-53,55-57,59-74H2,1-4H3,(H,87,88)(H,89,90)/b13-9-,14-10-,25-21-,26-22-,34-32-,35-33-,39-37-,47-44-,58-54-. The van der Waals surface area contributed by atoms with Crippen molar-refractivity contribution in [3.63, 3.8) is 0 Å². The second kappa shape index (κ2) is 73.0. The zero-order valence-corrected chi connectivity index (χ0v) is 64.6. The molecule has 0 bridgehead atoms. The smallest absolute Gasteiger partial charge is 0.462 e. The predicted octanol–water partition coefficient (Wildman–Crippen LogP) is 22.6. The maximum Gasteiger partial charge on any atom is 0.472 e. The number of aliphatic hydroxyl groups excluding tert-OH is 1. The van der Waals surface area contributed by atoms with Crippen molar-refractivity contribution < 1.29 is 80.2 Å². The summed E-state index contributed by atoms with van der Waals surface area (Å²) in [6.07, 6.45) is 78.1. The van der Waals surface area contributed by atoms with Crippen molar-refractivity contribution in [3.05, 3.63) is 109 Å². The SMILES string of the molecule is CC/C=C\C/C=C\C/C=C\C/C=C\C/C=C\C/C=C\CCC(=O)OCC(COP(=O)(O)OCC(O)COP(=O)(O)OCC(COC(=O)CCCCCCCCC/C=C\C/C=C\C/C=C\CC)OC(=O)CCCCCCCCCCCCCCC)OC(=O)CCCCCCCCCCCCC. The molecule has 0 spiro atoms. The Balaban J connectivity index is 5.35. The summed E-state index contributed by atoms with van der Waals surface area (Å²) < 4.78 is 68.4. The number of rotatable bonds is 73. The van der Waals surface area contributed by atoms with Crippen molar-refractivity contribution in [2.45, 2.75) is 341 Å². The van der Waals surface area contributed by atoms with Crippen LogP contribution in [0, 0.1) is 0 Å². The van der Waals surface area contributed by atoms with Crippen LogP contribution in [0.1, 0.15) is 323 Å². The molecule has 0 aliphatic carbocycles. The van der Waals surface area contributed by atoms with Gasteiger partial charge in [-0.3, -0.25) is 37.3 Å². The second-order valence-electron chi connectivity index (χ2n) is 25.9. The lowest BCUT2D eigenvalue weighted by molar-refractivity contribution is -0.161. The van der Waals surface area contributed by atoms with Crippen molar-refractivity contribution in [1.29, 1.82) is 0 Å². The van der Waals surface area contributed by atoms with E-state index in [1.807, 2.05) is 18.2 Å². The Morgan fingerprint density at radius 2 is 0.540 bits per heavy atom. The number of phosphoric acid groups is 2. The monoisotopic (exact) mass is 1450 g/mol. The predicted molar refractivity (Wildman–Crippen MR) is 408 cm³/mol. The molecule has 19 heteroatoms. The number of aliphatic hydroxyl groups is 1. The van der Waals surface area contributed by atoms with Crippen molar-refractivity contribution in [2.75, 3.05) is 39.6 Å². The first-order valence-corrected chi connectivity index (χ1v) is 42.1. The van der Waals surface area contributed by atoms with E-state index in [2.05, 4.69) is 119 Å². The molecule has 0 aromatic heterocycles. The second-order valence-corrected chi connectivity index (χ2v) is 28.8. The molecule has 0 saturated heterocycles. The van der Waals surface area contributed by atoms with Gasteiger partial charge in [-0.2, -0.15) is 0 Å². The van der Waals surface area contributed by atoms with Gasteiger partial charge in [0.25, 0.3) is 0 Å². The Hall–Kier alpha value is -4.28. The topological polar surface area (TPSA) is 237 Å². The minimum Gasteiger partial charge on any atom is -0.462 e. The van der Waals surface area contributed by atoms with Gasteiger partial charge < -0.3 is 33.8 Å². The summed E-state index contributed by atoms with van der Waals surface area (Å²) in [5.41, 5.74) is 0. The fraction of sp³-hybridized carbons (Fsp3) is 0.728. The summed E-state index contributed by atoms with van der Waals surface area (Å²) in [4.78, 5) is 72.8. The number of hydrogen-bond acceptors (Lipinski definition) is 15. The van der Waals surface area contributed by atoms with E-state index in [-0.39, 0.29) is 25.7 Å². The molecule has 576 valence electrons. The van der Waals surface area contributed by atoms with E-state index in [0.717, 1.165) is 148 Å². The number of carbonyl (C=O) groups excluding carboxylic acids is 4. The number of allylic oxidation sites excluding steroid dienone is 18. The maximum absolute atomic E-state index is 13.1. The number of ether oxygens (including phenoxy) is 4. The van der Waals surface area contributed by atoms with Crippen molar-refractivity contribution >= 4 is 39.5 Å². The molecular weight excluding hydrogens is 1310 g/mol. The zero-order valence-electron chi connectivity index (χ0n) is 62.8. The Morgan fingerprint density at radius 1 is 0.290 bits per heavy atom. The minimum atomic E-state index is -4.99. The normalized spacial score (nSPS) is 14.5. The molecular formula is C81H140O17P2. The van der Waals surface area contributed by atoms with E-state index in [0.29, 0.717) is 32.1 Å². The van der Waals surface area contributed by atoms with Crippen LogP contribution in [0.25, 0.3) is 0 Å². The third kappa shape index (κ3) is 72.1. The van der Waals surface area contributed by atoms with Crippen LogP contribution in [0.3, 0.4) is 0 Å². The number of hydrogen-bond donors (Lipinski definition) is 3. The van der Waals surface area contributed by atoms with Crippen LogP contribution in [0.4, 0.5) is 0 Å². The van der Waals surface area contributed by atoms with Gasteiger partial charge in [-0.25, -0.2) is 9.13 Å². The van der Waals surface area contributed by atoms with Crippen LogP contribution < -0.4 is 0 Å². The molecule has 17 nitrogen and oxygen atoms in total. The van der Waals surface area contributed by atoms with Gasteiger partial charge in [-0.15, -0.1) is 0 Å². The highest BCUT2D eigenvalue weighted by Crippen LogP contribution is 2.45. The Morgan fingerprint density at radius 3 is 0.860 bits per heavy atom. The van der Waals surface area contributed by atoms with Gasteiger partial charge >= 0.3 is 39.5 Å². The van der Waals surface area contributed by atoms with Crippen LogP contribution >= 0.6 is 15.6 Å². The molecule has 0 amide bonds. The van der Waals surface area contributed by atoms with E-state index in [9.17, 15) is 43.2 Å². The molecule has 0 aromatic carbocycles. The Kier molecular flexibility index (Phi) is 69.9. The summed E-state index contributed by atoms with van der Waals surface area (Å²) in [7, 11) is -9.96. The third-order valence-corrected chi connectivity index (χ3v) is 18.2. The first-order valence-electron chi connectivity index (χ1n) is 39.1. The summed E-state index contributed by atoms with van der Waals surface area (Å²) in [5, 5.41) is 10.6. The molecule has 0 heterocycles. The molecule has 100 heavy (non-hydrogen) atoms. The molecule has 5 atom stereocenters. The quantitative estimate of drug-likeness (QED) is 0.0169. The van der Waals surface area contributed by atoms with Gasteiger partial charge in [0.2, 0.25) is 0 Å². The molecule has 0 aliphatic rings. The summed E-state index contributed by atoms with van der Waals surface area (Å²) in [6, 6.07) is 0. The van der Waals surface area contributed by atoms with Gasteiger partial charge in [0.15, 0.2) is 12.2 Å². The van der Waals surface area contributed by atoms with Crippen LogP contribution in [-0.2, 0) is 65.4 Å². The van der Waals surface area contributed by atoms with Crippen LogP contribution in [0.15, 0.2) is 109 Å². The average molecular weight is 1450 g/mol. The van der Waals surface area contributed by atoms with Gasteiger partial charge in [-0.05, 0) is 96.3 Å². The number of unbranched alkanes of at least 4 members (excludes halogenated alkanes) is 29. The van der Waals surface area contributed by atoms with Crippen molar-refractivity contribution in [1.82, 2.24) is 0 Å². The third-order valence-electron chi connectivity index (χ3n) is 16.3. The van der Waals surface area contributed by atoms with Crippen LogP contribution in [0.5, 0.6) is 0 Å². The van der Waals surface area contributed by atoms with Gasteiger partial charge in [0, 0.05) is 25.7 Å². The molecule has 3 N–H and O–H groups in total. The molecule has 5 unspecified atom stereocenters. The lowest BCUT2D eigenvalue weighted by atomic mass is 10.0. The van der Waals surface area contributed by atoms with Gasteiger partial charge in [-0.1, -0.05) is 310 Å². The molecule has 0 saturated carbocycles. The molecule has 0 aromatic rings. The van der Waals surface area contributed by atoms with Crippen LogP contribution in [0.2, 0.25) is 0 Å². The maximum atomic E-state index is 13.1. The van der Waals surface area contributed by atoms with Gasteiger partial charge in [0.1, 0.15) is 19.3 Å². The van der Waals surface area contributed by atoms with E-state index in [1.54, 1.807) is 0 Å². The summed E-state index contributed by atoms with van der Waals surface area (Å²) in [6.45, 7) is 4.57. The van der Waals surface area contributed by atoms with E-state index >= 15 is 0 Å². The molecule has 0 aliphatic heterocycles. The van der Waals surface area contributed by atoms with Crippen molar-refractivity contribution in [2.24, 2.45) is 0 Å². The highest BCUT2D eigenvalue weighted by atomic mass is 31.2. The number of carbonyl (C=O) groups is 4. The highest BCUT2D eigenvalue weighted by molar-refractivity contribution is 7.47. The Bertz CT molecular complexity index is 2320. The minimum absolute atomic E-state index is 0.0375. The molecule has 0 radical (unpaired) electrons. The van der Waals surface area contributed by atoms with Gasteiger partial charge in [0.05, 0.1) is 26.4 Å². The number of esters is 4. The molecule has 0 rings (SSSR count). The van der Waals surface area contributed by atoms with E-state index in [1.165, 1.54) is 89.9 Å².